The van der Waals surface area contributed by atoms with Gasteiger partial charge in [0.1, 0.15) is 12.6 Å². The second-order valence-electron chi connectivity index (χ2n) is 7.91. The molecule has 2 heterocycles. The largest absolute Gasteiger partial charge is 0.354 e. The van der Waals surface area contributed by atoms with E-state index in [1.54, 1.807) is 30.3 Å². The van der Waals surface area contributed by atoms with Gasteiger partial charge in [-0.1, -0.05) is 13.0 Å². The number of hydrogen-bond donors (Lipinski definition) is 2. The first kappa shape index (κ1) is 21.1. The van der Waals surface area contributed by atoms with Gasteiger partial charge in [-0.2, -0.15) is 0 Å². The molecule has 1 unspecified atom stereocenters. The van der Waals surface area contributed by atoms with Gasteiger partial charge in [0.15, 0.2) is 11.7 Å². The molecule has 0 aromatic carbocycles. The average Bonchev–Trinajstić information content (AvgIpc) is 3.34. The highest BCUT2D eigenvalue weighted by atomic mass is 32.1. The summed E-state index contributed by atoms with van der Waals surface area (Å²) in [4.78, 5) is 19.1. The van der Waals surface area contributed by atoms with Crippen LogP contribution in [0.25, 0.3) is 0 Å². The fourth-order valence-electron chi connectivity index (χ4n) is 3.44. The van der Waals surface area contributed by atoms with Gasteiger partial charge in [0.2, 0.25) is 5.91 Å². The number of likely N-dealkylation sites (N-methyl/N-ethyl adjacent to an activating group) is 1. The van der Waals surface area contributed by atoms with Gasteiger partial charge >= 0.3 is 0 Å². The quantitative estimate of drug-likeness (QED) is 0.558. The third-order valence-electron chi connectivity index (χ3n) is 5.33. The number of ether oxygens (including phenoxy) is 2. The number of aliphatic imine (C=N–C) groups is 1. The summed E-state index contributed by atoms with van der Waals surface area (Å²) in [5, 5.41) is 8.66. The zero-order chi connectivity index (χ0) is 20.0. The highest BCUT2D eigenvalue weighted by Gasteiger charge is 2.43. The van der Waals surface area contributed by atoms with Gasteiger partial charge < -0.3 is 25.0 Å². The number of thiophene rings is 1. The first-order valence-corrected chi connectivity index (χ1v) is 10.9. The second kappa shape index (κ2) is 9.71. The molecule has 1 aliphatic carbocycles. The molecule has 1 saturated heterocycles. The smallest absolute Gasteiger partial charge is 0.243 e. The summed E-state index contributed by atoms with van der Waals surface area (Å²) in [6.07, 6.45) is 4.25. The van der Waals surface area contributed by atoms with Crippen LogP contribution in [0.3, 0.4) is 0 Å². The van der Waals surface area contributed by atoms with E-state index in [0.29, 0.717) is 25.7 Å². The number of guanidine groups is 1. The van der Waals surface area contributed by atoms with E-state index in [0.717, 1.165) is 31.6 Å². The molecule has 1 spiro atoms. The average molecular weight is 409 g/mol. The zero-order valence-electron chi connectivity index (χ0n) is 17.1. The van der Waals surface area contributed by atoms with Gasteiger partial charge in [-0.3, -0.25) is 4.79 Å². The molecule has 1 aromatic heterocycles. The number of nitrogens with one attached hydrogen (secondary N) is 2. The van der Waals surface area contributed by atoms with Gasteiger partial charge in [-0.05, 0) is 30.2 Å². The topological polar surface area (TPSA) is 75.2 Å². The van der Waals surface area contributed by atoms with Crippen molar-refractivity contribution in [2.45, 2.75) is 51.0 Å². The molecule has 3 rings (SSSR count). The summed E-state index contributed by atoms with van der Waals surface area (Å²) in [6.45, 7) is 4.26. The number of hydrogen-bond acceptors (Lipinski definition) is 5. The molecule has 0 bridgehead atoms. The van der Waals surface area contributed by atoms with Gasteiger partial charge in [-0.25, -0.2) is 4.99 Å². The van der Waals surface area contributed by atoms with E-state index in [1.165, 1.54) is 4.88 Å². The van der Waals surface area contributed by atoms with Crippen LogP contribution in [-0.4, -0.2) is 62.4 Å². The van der Waals surface area contributed by atoms with Gasteiger partial charge in [-0.15, -0.1) is 11.3 Å². The minimum absolute atomic E-state index is 0.00769. The van der Waals surface area contributed by atoms with Crippen LogP contribution < -0.4 is 10.6 Å². The van der Waals surface area contributed by atoms with Crippen LogP contribution in [0, 0.1) is 5.92 Å². The Morgan fingerprint density at radius 2 is 2.14 bits per heavy atom. The van der Waals surface area contributed by atoms with Crippen molar-refractivity contribution in [1.82, 2.24) is 15.5 Å². The van der Waals surface area contributed by atoms with E-state index in [1.807, 2.05) is 11.4 Å². The normalized spacial score (nSPS) is 27.8. The molecular weight excluding hydrogens is 376 g/mol. The van der Waals surface area contributed by atoms with Gasteiger partial charge in [0, 0.05) is 38.4 Å². The lowest BCUT2D eigenvalue weighted by molar-refractivity contribution is -0.191. The third-order valence-corrected chi connectivity index (χ3v) is 6.20. The molecule has 1 saturated carbocycles. The second-order valence-corrected chi connectivity index (χ2v) is 8.94. The Morgan fingerprint density at radius 3 is 2.82 bits per heavy atom. The van der Waals surface area contributed by atoms with Crippen molar-refractivity contribution in [2.24, 2.45) is 10.9 Å². The van der Waals surface area contributed by atoms with Crippen LogP contribution in [0.1, 0.15) is 37.5 Å². The molecule has 7 nitrogen and oxygen atoms in total. The van der Waals surface area contributed by atoms with Crippen LogP contribution in [0.5, 0.6) is 0 Å². The van der Waals surface area contributed by atoms with Crippen molar-refractivity contribution in [3.8, 4) is 0 Å². The SMILES string of the molecule is CC1CCC2(CC1)OCC(CNC(=NCC(=O)N(C)C)NCc1cccs1)O2. The van der Waals surface area contributed by atoms with Crippen LogP contribution in [0.2, 0.25) is 0 Å². The van der Waals surface area contributed by atoms with E-state index >= 15 is 0 Å². The minimum Gasteiger partial charge on any atom is -0.354 e. The van der Waals surface area contributed by atoms with E-state index in [9.17, 15) is 4.79 Å². The lowest BCUT2D eigenvalue weighted by atomic mass is 9.86. The fourth-order valence-corrected chi connectivity index (χ4v) is 4.08. The predicted octanol–water partition coefficient (Wildman–Crippen LogP) is 2.19. The first-order chi connectivity index (χ1) is 13.5. The number of carbonyl (C=O) groups is 1. The Bertz CT molecular complexity index is 654. The van der Waals surface area contributed by atoms with Crippen molar-refractivity contribution in [3.05, 3.63) is 22.4 Å². The maximum Gasteiger partial charge on any atom is 0.243 e. The highest BCUT2D eigenvalue weighted by molar-refractivity contribution is 7.09. The molecule has 2 N–H and O–H groups in total. The monoisotopic (exact) mass is 408 g/mol. The number of carbonyl (C=O) groups excluding carboxylic acids is 1. The fraction of sp³-hybridized carbons (Fsp3) is 0.700. The molecule has 2 aliphatic rings. The maximum atomic E-state index is 11.9. The Morgan fingerprint density at radius 1 is 1.36 bits per heavy atom. The summed E-state index contributed by atoms with van der Waals surface area (Å²) in [5.41, 5.74) is 0. The van der Waals surface area contributed by atoms with E-state index in [-0.39, 0.29) is 24.3 Å². The third kappa shape index (κ3) is 5.93. The number of amides is 1. The maximum absolute atomic E-state index is 11.9. The molecule has 1 atom stereocenters. The first-order valence-electron chi connectivity index (χ1n) is 10.0. The van der Waals surface area contributed by atoms with Crippen molar-refractivity contribution in [2.75, 3.05) is 33.8 Å². The standard InChI is InChI=1S/C20H32N4O3S/c1-15-6-8-20(9-7-15)26-14-16(27-20)11-21-19(23-13-18(25)24(2)3)22-12-17-5-4-10-28-17/h4-5,10,15-16H,6-9,11-14H2,1-3H3,(H2,21,22,23). The lowest BCUT2D eigenvalue weighted by Gasteiger charge is -2.34. The minimum atomic E-state index is -0.387. The van der Waals surface area contributed by atoms with Crippen LogP contribution in [0.4, 0.5) is 0 Å². The van der Waals surface area contributed by atoms with Crippen molar-refractivity contribution in [1.29, 1.82) is 0 Å². The molecular formula is C20H32N4O3S. The summed E-state index contributed by atoms with van der Waals surface area (Å²) in [7, 11) is 3.47. The summed E-state index contributed by atoms with van der Waals surface area (Å²) >= 11 is 1.69. The number of nitrogens with zero attached hydrogens (tertiary/aromatic N) is 2. The molecule has 1 aliphatic heterocycles. The van der Waals surface area contributed by atoms with E-state index in [4.69, 9.17) is 9.47 Å². The molecule has 8 heteroatoms. The Hall–Kier alpha value is -1.64. The summed E-state index contributed by atoms with van der Waals surface area (Å²) < 4.78 is 12.3. The summed E-state index contributed by atoms with van der Waals surface area (Å²) in [6, 6.07) is 4.09. The van der Waals surface area contributed by atoms with Crippen LogP contribution in [0.15, 0.2) is 22.5 Å². The highest BCUT2D eigenvalue weighted by Crippen LogP contribution is 2.39. The molecule has 156 valence electrons. The lowest BCUT2D eigenvalue weighted by Crippen LogP contribution is -2.43. The molecule has 28 heavy (non-hydrogen) atoms. The zero-order valence-corrected chi connectivity index (χ0v) is 17.9. The van der Waals surface area contributed by atoms with E-state index < -0.39 is 0 Å². The van der Waals surface area contributed by atoms with Crippen molar-refractivity contribution < 1.29 is 14.3 Å². The van der Waals surface area contributed by atoms with Crippen molar-refractivity contribution in [3.63, 3.8) is 0 Å². The Balaban J connectivity index is 1.52. The Kier molecular flexibility index (Phi) is 7.31. The summed E-state index contributed by atoms with van der Waals surface area (Å²) in [5.74, 6) is 0.948. The van der Waals surface area contributed by atoms with Gasteiger partial charge in [0.05, 0.1) is 13.2 Å². The molecule has 0 radical (unpaired) electrons. The molecule has 2 fully saturated rings. The number of rotatable bonds is 6. The van der Waals surface area contributed by atoms with Crippen LogP contribution in [-0.2, 0) is 20.8 Å². The van der Waals surface area contributed by atoms with Crippen molar-refractivity contribution >= 4 is 23.2 Å². The van der Waals surface area contributed by atoms with Crippen LogP contribution >= 0.6 is 11.3 Å². The molecule has 1 aromatic rings. The Labute approximate surface area is 171 Å². The molecule has 1 amide bonds. The van der Waals surface area contributed by atoms with E-state index in [2.05, 4.69) is 28.6 Å². The van der Waals surface area contributed by atoms with Gasteiger partial charge in [0.25, 0.3) is 0 Å². The predicted molar refractivity (Wildman–Crippen MR) is 111 cm³/mol.